The molecule has 0 heterocycles. The van der Waals surface area contributed by atoms with E-state index in [-0.39, 0.29) is 24.5 Å². The van der Waals surface area contributed by atoms with Gasteiger partial charge in [0.25, 0.3) is 0 Å². The van der Waals surface area contributed by atoms with Gasteiger partial charge < -0.3 is 19.9 Å². The Labute approximate surface area is 144 Å². The molecule has 0 aliphatic rings. The van der Waals surface area contributed by atoms with E-state index in [4.69, 9.17) is 4.74 Å². The third-order valence-electron chi connectivity index (χ3n) is 3.99. The van der Waals surface area contributed by atoms with E-state index in [2.05, 4.69) is 12.2 Å². The second kappa shape index (κ2) is 9.27. The summed E-state index contributed by atoms with van der Waals surface area (Å²) in [4.78, 5) is 27.6. The van der Waals surface area contributed by atoms with Crippen LogP contribution in [0.4, 0.5) is 11.4 Å². The number of rotatable bonds is 8. The van der Waals surface area contributed by atoms with Crippen LogP contribution >= 0.6 is 0 Å². The number of hydrogen-bond acceptors (Lipinski definition) is 4. The first-order chi connectivity index (χ1) is 11.3. The minimum Gasteiger partial charge on any atom is -0.377 e. The molecule has 0 aliphatic heterocycles. The topological polar surface area (TPSA) is 61.9 Å². The summed E-state index contributed by atoms with van der Waals surface area (Å²) in [5, 5.41) is 2.81. The second-order valence-electron chi connectivity index (χ2n) is 6.12. The molecule has 6 heteroatoms. The van der Waals surface area contributed by atoms with Gasteiger partial charge in [-0.25, -0.2) is 0 Å². The maximum atomic E-state index is 12.0. The molecule has 0 radical (unpaired) electrons. The number of nitrogens with zero attached hydrogens (tertiary/aromatic N) is 2. The zero-order chi connectivity index (χ0) is 18.3. The summed E-state index contributed by atoms with van der Waals surface area (Å²) < 4.78 is 4.84. The van der Waals surface area contributed by atoms with Crippen molar-refractivity contribution in [3.05, 3.63) is 23.8 Å². The van der Waals surface area contributed by atoms with Gasteiger partial charge in [-0.2, -0.15) is 0 Å². The molecule has 2 amide bonds. The van der Waals surface area contributed by atoms with Crippen LogP contribution in [0.1, 0.15) is 32.8 Å². The molecule has 24 heavy (non-hydrogen) atoms. The second-order valence-corrected chi connectivity index (χ2v) is 6.12. The number of methoxy groups -OCH3 is 1. The lowest BCUT2D eigenvalue weighted by Crippen LogP contribution is -2.36. The number of ether oxygens (including phenoxy) is 1. The highest BCUT2D eigenvalue weighted by molar-refractivity contribution is 5.92. The number of hydrogen-bond donors (Lipinski definition) is 1. The lowest BCUT2D eigenvalue weighted by atomic mass is 10.1. The van der Waals surface area contributed by atoms with Gasteiger partial charge in [0.15, 0.2) is 0 Å². The van der Waals surface area contributed by atoms with E-state index in [9.17, 15) is 9.59 Å². The van der Waals surface area contributed by atoms with Crippen molar-refractivity contribution in [1.82, 2.24) is 4.90 Å². The van der Waals surface area contributed by atoms with Gasteiger partial charge in [-0.3, -0.25) is 9.59 Å². The van der Waals surface area contributed by atoms with Gasteiger partial charge in [0, 0.05) is 52.1 Å². The Morgan fingerprint density at radius 3 is 2.46 bits per heavy atom. The number of nitrogens with one attached hydrogen (secondary N) is 1. The third kappa shape index (κ3) is 5.53. The SMILES string of the molecule is CCC(C)N(Cc1cc(NC(=O)COC)ccc1N(C)C)C(C)=O. The van der Waals surface area contributed by atoms with E-state index in [0.29, 0.717) is 12.2 Å². The van der Waals surface area contributed by atoms with Crippen LogP contribution in [0.3, 0.4) is 0 Å². The molecule has 134 valence electrons. The molecule has 6 nitrogen and oxygen atoms in total. The number of anilines is 2. The molecule has 1 unspecified atom stereocenters. The highest BCUT2D eigenvalue weighted by atomic mass is 16.5. The van der Waals surface area contributed by atoms with Gasteiger partial charge in [0.1, 0.15) is 6.61 Å². The number of benzene rings is 1. The van der Waals surface area contributed by atoms with Crippen molar-refractivity contribution in [3.63, 3.8) is 0 Å². The Balaban J connectivity index is 3.12. The normalized spacial score (nSPS) is 11.8. The van der Waals surface area contributed by atoms with Gasteiger partial charge in [-0.05, 0) is 37.1 Å². The lowest BCUT2D eigenvalue weighted by Gasteiger charge is -2.29. The Hall–Kier alpha value is -2.08. The monoisotopic (exact) mass is 335 g/mol. The molecule has 0 aromatic heterocycles. The molecule has 0 bridgehead atoms. The summed E-state index contributed by atoms with van der Waals surface area (Å²) in [7, 11) is 5.41. The van der Waals surface area contributed by atoms with E-state index in [0.717, 1.165) is 17.7 Å². The fourth-order valence-electron chi connectivity index (χ4n) is 2.54. The highest BCUT2D eigenvalue weighted by Crippen LogP contribution is 2.25. The number of carbonyl (C=O) groups is 2. The van der Waals surface area contributed by atoms with E-state index < -0.39 is 0 Å². The molecular weight excluding hydrogens is 306 g/mol. The molecule has 1 atom stereocenters. The molecule has 1 rings (SSSR count). The molecule has 0 fully saturated rings. The number of carbonyl (C=O) groups excluding carboxylic acids is 2. The van der Waals surface area contributed by atoms with Crippen LogP contribution in [-0.2, 0) is 20.9 Å². The Bertz CT molecular complexity index is 573. The minimum absolute atomic E-state index is 0.0111. The predicted molar refractivity (Wildman–Crippen MR) is 97.3 cm³/mol. The van der Waals surface area contributed by atoms with Crippen LogP contribution in [0.15, 0.2) is 18.2 Å². The van der Waals surface area contributed by atoms with Crippen molar-refractivity contribution in [2.24, 2.45) is 0 Å². The molecule has 0 spiro atoms. The molecule has 0 saturated carbocycles. The fourth-order valence-corrected chi connectivity index (χ4v) is 2.54. The van der Waals surface area contributed by atoms with Crippen molar-refractivity contribution in [2.45, 2.75) is 39.8 Å². The van der Waals surface area contributed by atoms with Crippen LogP contribution < -0.4 is 10.2 Å². The summed E-state index contributed by atoms with van der Waals surface area (Å²) >= 11 is 0. The first kappa shape index (κ1) is 20.0. The third-order valence-corrected chi connectivity index (χ3v) is 3.99. The Morgan fingerprint density at radius 2 is 1.96 bits per heavy atom. The van der Waals surface area contributed by atoms with Crippen molar-refractivity contribution in [3.8, 4) is 0 Å². The molecule has 0 saturated heterocycles. The fraction of sp³-hybridized carbons (Fsp3) is 0.556. The average molecular weight is 335 g/mol. The quantitative estimate of drug-likeness (QED) is 0.793. The van der Waals surface area contributed by atoms with Gasteiger partial charge in [0.05, 0.1) is 0 Å². The largest absolute Gasteiger partial charge is 0.377 e. The van der Waals surface area contributed by atoms with E-state index in [1.165, 1.54) is 7.11 Å². The van der Waals surface area contributed by atoms with Gasteiger partial charge >= 0.3 is 0 Å². The molecule has 1 aromatic rings. The van der Waals surface area contributed by atoms with Gasteiger partial charge in [-0.15, -0.1) is 0 Å². The van der Waals surface area contributed by atoms with Crippen LogP contribution in [0.2, 0.25) is 0 Å². The van der Waals surface area contributed by atoms with Gasteiger partial charge in [0.2, 0.25) is 11.8 Å². The summed E-state index contributed by atoms with van der Waals surface area (Å²) in [6, 6.07) is 5.88. The van der Waals surface area contributed by atoms with Crippen molar-refractivity contribution in [2.75, 3.05) is 38.0 Å². The Kier molecular flexibility index (Phi) is 7.71. The zero-order valence-electron chi connectivity index (χ0n) is 15.5. The van der Waals surface area contributed by atoms with Crippen LogP contribution in [0.5, 0.6) is 0 Å². The maximum absolute atomic E-state index is 12.0. The zero-order valence-corrected chi connectivity index (χ0v) is 15.5. The van der Waals surface area contributed by atoms with Crippen LogP contribution in [0, 0.1) is 0 Å². The first-order valence-electron chi connectivity index (χ1n) is 8.16. The standard InChI is InChI=1S/C18H29N3O3/c1-7-13(2)21(14(3)22)11-15-10-16(19-18(23)12-24-6)8-9-17(15)20(4)5/h8-10,13H,7,11-12H2,1-6H3,(H,19,23). The van der Waals surface area contributed by atoms with Gasteiger partial charge in [-0.1, -0.05) is 6.92 Å². The number of amides is 2. The summed E-state index contributed by atoms with van der Waals surface area (Å²) in [6.45, 7) is 6.21. The molecule has 1 aromatic carbocycles. The lowest BCUT2D eigenvalue weighted by molar-refractivity contribution is -0.131. The predicted octanol–water partition coefficient (Wildman–Crippen LogP) is 2.48. The van der Waals surface area contributed by atoms with E-state index in [1.54, 1.807) is 6.92 Å². The minimum atomic E-state index is -0.202. The van der Waals surface area contributed by atoms with Crippen LogP contribution in [0.25, 0.3) is 0 Å². The Morgan fingerprint density at radius 1 is 1.29 bits per heavy atom. The van der Waals surface area contributed by atoms with Crippen molar-refractivity contribution < 1.29 is 14.3 Å². The molecular formula is C18H29N3O3. The molecule has 1 N–H and O–H groups in total. The summed E-state index contributed by atoms with van der Waals surface area (Å²) in [5.41, 5.74) is 2.71. The smallest absolute Gasteiger partial charge is 0.250 e. The highest BCUT2D eigenvalue weighted by Gasteiger charge is 2.18. The first-order valence-corrected chi connectivity index (χ1v) is 8.16. The summed E-state index contributed by atoms with van der Waals surface area (Å²) in [6.07, 6.45) is 0.890. The van der Waals surface area contributed by atoms with Crippen LogP contribution in [-0.4, -0.2) is 50.6 Å². The average Bonchev–Trinajstić information content (AvgIpc) is 2.51. The van der Waals surface area contributed by atoms with E-state index in [1.807, 2.05) is 49.0 Å². The van der Waals surface area contributed by atoms with Crippen molar-refractivity contribution >= 4 is 23.2 Å². The molecule has 0 aliphatic carbocycles. The maximum Gasteiger partial charge on any atom is 0.250 e. The summed E-state index contributed by atoms with van der Waals surface area (Å²) in [5.74, 6) is -0.158. The van der Waals surface area contributed by atoms with E-state index >= 15 is 0 Å². The van der Waals surface area contributed by atoms with Crippen molar-refractivity contribution in [1.29, 1.82) is 0 Å².